The summed E-state index contributed by atoms with van der Waals surface area (Å²) < 4.78 is 5.55. The maximum Gasteiger partial charge on any atom is 0.205 e. The zero-order valence-electron chi connectivity index (χ0n) is 11.4. The molecular weight excluding hydrogens is 266 g/mol. The van der Waals surface area contributed by atoms with Gasteiger partial charge in [-0.25, -0.2) is 0 Å². The average molecular weight is 279 g/mol. The van der Waals surface area contributed by atoms with Crippen molar-refractivity contribution < 1.29 is 9.84 Å². The number of ether oxygens (including phenoxy) is 1. The number of pyridine rings is 1. The largest absolute Gasteiger partial charge is 0.508 e. The van der Waals surface area contributed by atoms with Gasteiger partial charge in [0.05, 0.1) is 5.92 Å². The molecular formula is C16H13N3O2. The molecule has 0 unspecified atom stereocenters. The Hall–Kier alpha value is -3.00. The van der Waals surface area contributed by atoms with E-state index in [1.165, 1.54) is 0 Å². The second kappa shape index (κ2) is 4.84. The molecule has 0 radical (unpaired) electrons. The summed E-state index contributed by atoms with van der Waals surface area (Å²) in [7, 11) is 0. The van der Waals surface area contributed by atoms with Crippen LogP contribution in [0.15, 0.2) is 48.1 Å². The van der Waals surface area contributed by atoms with Crippen molar-refractivity contribution in [2.75, 3.05) is 0 Å². The highest BCUT2D eigenvalue weighted by atomic mass is 16.5. The highest BCUT2D eigenvalue weighted by Crippen LogP contribution is 2.45. The van der Waals surface area contributed by atoms with Crippen LogP contribution in [0.1, 0.15) is 22.6 Å². The fourth-order valence-electron chi connectivity index (χ4n) is 2.54. The van der Waals surface area contributed by atoms with Gasteiger partial charge in [-0.2, -0.15) is 5.26 Å². The molecule has 1 aliphatic rings. The van der Waals surface area contributed by atoms with Crippen LogP contribution in [0.2, 0.25) is 0 Å². The number of nitrogens with zero attached hydrogens (tertiary/aromatic N) is 2. The first-order chi connectivity index (χ1) is 10.1. The lowest BCUT2D eigenvalue weighted by Gasteiger charge is -2.27. The van der Waals surface area contributed by atoms with Gasteiger partial charge in [0.15, 0.2) is 0 Å². The standard InChI is InChI=1S/C16H13N3O2/c1-9-13(20)5-4-11-14(10-3-2-6-19-8-10)12(7-17)16(18)21-15(9)11/h2-6,8,14,20H,18H2,1H3/t14-/m0/s1. The number of fused-ring (bicyclic) bond motifs is 1. The van der Waals surface area contributed by atoms with Gasteiger partial charge >= 0.3 is 0 Å². The molecule has 1 atom stereocenters. The number of hydrogen-bond donors (Lipinski definition) is 2. The molecule has 2 heterocycles. The fraction of sp³-hybridized carbons (Fsp3) is 0.125. The van der Waals surface area contributed by atoms with Gasteiger partial charge in [-0.15, -0.1) is 0 Å². The van der Waals surface area contributed by atoms with Crippen molar-refractivity contribution in [2.24, 2.45) is 5.73 Å². The van der Waals surface area contributed by atoms with E-state index in [0.717, 1.165) is 11.1 Å². The smallest absolute Gasteiger partial charge is 0.205 e. The van der Waals surface area contributed by atoms with Gasteiger partial charge in [0.2, 0.25) is 5.88 Å². The SMILES string of the molecule is Cc1c(O)ccc2c1OC(N)=C(C#N)[C@H]2c1cccnc1. The van der Waals surface area contributed by atoms with Crippen LogP contribution in [0.4, 0.5) is 0 Å². The first-order valence-corrected chi connectivity index (χ1v) is 6.43. The lowest BCUT2D eigenvalue weighted by atomic mass is 9.83. The zero-order chi connectivity index (χ0) is 15.0. The van der Waals surface area contributed by atoms with Gasteiger partial charge in [-0.3, -0.25) is 4.98 Å². The van der Waals surface area contributed by atoms with Gasteiger partial charge in [0.25, 0.3) is 0 Å². The molecule has 0 fully saturated rings. The van der Waals surface area contributed by atoms with Gasteiger partial charge in [0, 0.05) is 23.5 Å². The number of aromatic nitrogens is 1. The highest BCUT2D eigenvalue weighted by molar-refractivity contribution is 5.60. The Bertz CT molecular complexity index is 776. The summed E-state index contributed by atoms with van der Waals surface area (Å²) in [4.78, 5) is 4.10. The summed E-state index contributed by atoms with van der Waals surface area (Å²) in [6, 6.07) is 9.16. The third kappa shape index (κ3) is 1.98. The topological polar surface area (TPSA) is 92.2 Å². The van der Waals surface area contributed by atoms with Crippen LogP contribution in [0.3, 0.4) is 0 Å². The summed E-state index contributed by atoms with van der Waals surface area (Å²) in [5, 5.41) is 19.2. The number of rotatable bonds is 1. The fourth-order valence-corrected chi connectivity index (χ4v) is 2.54. The number of allylic oxidation sites excluding steroid dienone is 1. The predicted molar refractivity (Wildman–Crippen MR) is 76.4 cm³/mol. The number of phenolic OH excluding ortho intramolecular Hbond substituents is 1. The Morgan fingerprint density at radius 2 is 2.19 bits per heavy atom. The van der Waals surface area contributed by atoms with E-state index >= 15 is 0 Å². The Morgan fingerprint density at radius 1 is 1.38 bits per heavy atom. The Labute approximate surface area is 121 Å². The number of phenols is 1. The van der Waals surface area contributed by atoms with Crippen molar-refractivity contribution in [3.05, 3.63) is 64.8 Å². The molecule has 0 aliphatic carbocycles. The third-order valence-electron chi connectivity index (χ3n) is 3.62. The molecule has 1 aromatic carbocycles. The predicted octanol–water partition coefficient (Wildman–Crippen LogP) is 2.31. The lowest BCUT2D eigenvalue weighted by molar-refractivity contribution is 0.384. The van der Waals surface area contributed by atoms with Crippen molar-refractivity contribution in [2.45, 2.75) is 12.8 Å². The summed E-state index contributed by atoms with van der Waals surface area (Å²) >= 11 is 0. The van der Waals surface area contributed by atoms with Crippen molar-refractivity contribution >= 4 is 0 Å². The van der Waals surface area contributed by atoms with E-state index in [2.05, 4.69) is 11.1 Å². The van der Waals surface area contributed by atoms with Crippen LogP contribution < -0.4 is 10.5 Å². The second-order valence-corrected chi connectivity index (χ2v) is 4.84. The van der Waals surface area contributed by atoms with E-state index < -0.39 is 0 Å². The van der Waals surface area contributed by atoms with E-state index in [-0.39, 0.29) is 17.6 Å². The minimum absolute atomic E-state index is 0.0625. The monoisotopic (exact) mass is 279 g/mol. The molecule has 0 saturated heterocycles. The van der Waals surface area contributed by atoms with E-state index in [1.807, 2.05) is 12.1 Å². The van der Waals surface area contributed by atoms with Gasteiger partial charge in [-0.05, 0) is 24.6 Å². The minimum Gasteiger partial charge on any atom is -0.508 e. The number of nitrogens with two attached hydrogens (primary N) is 1. The normalized spacial score (nSPS) is 16.9. The zero-order valence-corrected chi connectivity index (χ0v) is 11.4. The Kier molecular flexibility index (Phi) is 2.99. The van der Waals surface area contributed by atoms with E-state index in [1.54, 1.807) is 31.5 Å². The van der Waals surface area contributed by atoms with Crippen molar-refractivity contribution in [3.8, 4) is 17.6 Å². The van der Waals surface area contributed by atoms with Crippen LogP contribution in [0.5, 0.6) is 11.5 Å². The molecule has 2 aromatic rings. The summed E-state index contributed by atoms with van der Waals surface area (Å²) in [5.74, 6) is 0.353. The number of aromatic hydroxyl groups is 1. The van der Waals surface area contributed by atoms with Crippen molar-refractivity contribution in [3.63, 3.8) is 0 Å². The molecule has 0 amide bonds. The van der Waals surface area contributed by atoms with Crippen molar-refractivity contribution in [1.29, 1.82) is 5.26 Å². The van der Waals surface area contributed by atoms with Crippen LogP contribution in [0.25, 0.3) is 0 Å². The van der Waals surface area contributed by atoms with E-state index in [0.29, 0.717) is 16.9 Å². The Balaban J connectivity index is 2.27. The lowest BCUT2D eigenvalue weighted by Crippen LogP contribution is -2.21. The first-order valence-electron chi connectivity index (χ1n) is 6.43. The number of benzene rings is 1. The Morgan fingerprint density at radius 3 is 2.86 bits per heavy atom. The second-order valence-electron chi connectivity index (χ2n) is 4.84. The van der Waals surface area contributed by atoms with Crippen LogP contribution in [0, 0.1) is 18.3 Å². The van der Waals surface area contributed by atoms with Crippen LogP contribution in [-0.4, -0.2) is 10.1 Å². The molecule has 1 aromatic heterocycles. The van der Waals surface area contributed by atoms with Gasteiger partial charge in [0.1, 0.15) is 23.1 Å². The molecule has 21 heavy (non-hydrogen) atoms. The maximum absolute atomic E-state index is 9.83. The minimum atomic E-state index is -0.341. The highest BCUT2D eigenvalue weighted by Gasteiger charge is 2.32. The van der Waals surface area contributed by atoms with Gasteiger partial charge in [-0.1, -0.05) is 12.1 Å². The molecule has 0 saturated carbocycles. The molecule has 3 rings (SSSR count). The third-order valence-corrected chi connectivity index (χ3v) is 3.62. The molecule has 1 aliphatic heterocycles. The molecule has 5 heteroatoms. The molecule has 0 spiro atoms. The van der Waals surface area contributed by atoms with E-state index in [9.17, 15) is 10.4 Å². The maximum atomic E-state index is 9.83. The summed E-state index contributed by atoms with van der Waals surface area (Å²) in [5.41, 5.74) is 8.48. The molecule has 5 nitrogen and oxygen atoms in total. The summed E-state index contributed by atoms with van der Waals surface area (Å²) in [6.07, 6.45) is 3.37. The molecule has 0 bridgehead atoms. The number of nitriles is 1. The quantitative estimate of drug-likeness (QED) is 0.835. The molecule has 104 valence electrons. The van der Waals surface area contributed by atoms with Gasteiger partial charge < -0.3 is 15.6 Å². The van der Waals surface area contributed by atoms with Crippen molar-refractivity contribution in [1.82, 2.24) is 4.98 Å². The van der Waals surface area contributed by atoms with Crippen LogP contribution >= 0.6 is 0 Å². The summed E-state index contributed by atoms with van der Waals surface area (Å²) in [6.45, 7) is 1.75. The van der Waals surface area contributed by atoms with Crippen LogP contribution in [-0.2, 0) is 0 Å². The number of hydrogen-bond acceptors (Lipinski definition) is 5. The van der Waals surface area contributed by atoms with E-state index in [4.69, 9.17) is 10.5 Å². The molecule has 3 N–H and O–H groups in total. The first kappa shape index (κ1) is 13.0. The average Bonchev–Trinajstić information content (AvgIpc) is 2.51.